The second-order valence-electron chi connectivity index (χ2n) is 6.56. The second kappa shape index (κ2) is 6.52. The predicted molar refractivity (Wildman–Crippen MR) is 79.5 cm³/mol. The molecule has 0 bridgehead atoms. The molecule has 0 aromatic heterocycles. The van der Waals surface area contributed by atoms with Crippen molar-refractivity contribution in [1.29, 1.82) is 0 Å². The van der Waals surface area contributed by atoms with E-state index in [4.69, 9.17) is 9.47 Å². The Kier molecular flexibility index (Phi) is 5.09. The minimum atomic E-state index is -1.45. The Morgan fingerprint density at radius 2 is 1.68 bits per heavy atom. The van der Waals surface area contributed by atoms with Crippen LogP contribution in [0.3, 0.4) is 0 Å². The molecule has 1 aliphatic rings. The molecule has 1 heterocycles. The van der Waals surface area contributed by atoms with Gasteiger partial charge in [0.25, 0.3) is 0 Å². The summed E-state index contributed by atoms with van der Waals surface area (Å²) in [6.07, 6.45) is -6.40. The zero-order valence-electron chi connectivity index (χ0n) is 13.0. The van der Waals surface area contributed by atoms with Crippen LogP contribution in [0, 0.1) is 0 Å². The number of hydrogen-bond acceptors (Lipinski definition) is 6. The molecule has 124 valence electrons. The first-order chi connectivity index (χ1) is 10.3. The van der Waals surface area contributed by atoms with Crippen LogP contribution >= 0.6 is 0 Å². The van der Waals surface area contributed by atoms with Crippen molar-refractivity contribution in [2.75, 3.05) is 6.61 Å². The Bertz CT molecular complexity index is 496. The predicted octanol–water partition coefficient (Wildman–Crippen LogP) is 0.163. The molecule has 0 aliphatic carbocycles. The lowest BCUT2D eigenvalue weighted by Crippen LogP contribution is -2.60. The number of para-hydroxylation sites is 1. The van der Waals surface area contributed by atoms with Gasteiger partial charge in [-0.3, -0.25) is 0 Å². The van der Waals surface area contributed by atoms with Crippen molar-refractivity contribution in [3.8, 4) is 5.75 Å². The first-order valence-corrected chi connectivity index (χ1v) is 7.32. The van der Waals surface area contributed by atoms with E-state index >= 15 is 0 Å². The summed E-state index contributed by atoms with van der Waals surface area (Å²) >= 11 is 0. The van der Waals surface area contributed by atoms with Gasteiger partial charge in [0.05, 0.1) is 6.61 Å². The number of aliphatic hydroxyl groups is 4. The molecule has 2 rings (SSSR count). The molecule has 1 aliphatic heterocycles. The van der Waals surface area contributed by atoms with Crippen molar-refractivity contribution in [3.05, 3.63) is 29.8 Å². The molecule has 0 spiro atoms. The normalized spacial score (nSPS) is 32.8. The molecule has 0 unspecified atom stereocenters. The standard InChI is InChI=1S/C16H24O6/c1-16(2,3)9-6-4-5-7-10(9)21-15-14(20)13(19)12(18)11(8-17)22-15/h4-7,11-15,17-20H,8H2,1-3H3/t11-,12+,13-,14+,15-/m1/s1. The minimum absolute atomic E-state index is 0.176. The van der Waals surface area contributed by atoms with Gasteiger partial charge in [-0.15, -0.1) is 0 Å². The molecule has 4 N–H and O–H groups in total. The highest BCUT2D eigenvalue weighted by Crippen LogP contribution is 2.33. The van der Waals surface area contributed by atoms with Crippen LogP contribution in [-0.4, -0.2) is 57.7 Å². The fourth-order valence-corrected chi connectivity index (χ4v) is 2.48. The summed E-state index contributed by atoms with van der Waals surface area (Å²) in [6.45, 7) is 5.61. The largest absolute Gasteiger partial charge is 0.462 e. The van der Waals surface area contributed by atoms with Gasteiger partial charge in [0.1, 0.15) is 30.2 Å². The van der Waals surface area contributed by atoms with Crippen molar-refractivity contribution < 1.29 is 29.9 Å². The Labute approximate surface area is 129 Å². The van der Waals surface area contributed by atoms with E-state index in [0.29, 0.717) is 5.75 Å². The molecule has 0 radical (unpaired) electrons. The lowest BCUT2D eigenvalue weighted by molar-refractivity contribution is -0.277. The SMILES string of the molecule is CC(C)(C)c1ccccc1O[C@@H]1O[C@H](CO)[C@H](O)[C@@H](O)[C@@H]1O. The van der Waals surface area contributed by atoms with Crippen LogP contribution in [0.25, 0.3) is 0 Å². The monoisotopic (exact) mass is 312 g/mol. The highest BCUT2D eigenvalue weighted by Gasteiger charge is 2.45. The smallest absolute Gasteiger partial charge is 0.229 e. The maximum absolute atomic E-state index is 10.0. The average molecular weight is 312 g/mol. The minimum Gasteiger partial charge on any atom is -0.462 e. The van der Waals surface area contributed by atoms with Crippen LogP contribution in [0.15, 0.2) is 24.3 Å². The third-order valence-corrected chi connectivity index (χ3v) is 3.79. The van der Waals surface area contributed by atoms with E-state index < -0.39 is 37.3 Å². The van der Waals surface area contributed by atoms with E-state index in [1.54, 1.807) is 12.1 Å². The van der Waals surface area contributed by atoms with Gasteiger partial charge < -0.3 is 29.9 Å². The van der Waals surface area contributed by atoms with Crippen molar-refractivity contribution in [1.82, 2.24) is 0 Å². The van der Waals surface area contributed by atoms with Crippen LogP contribution in [-0.2, 0) is 10.2 Å². The summed E-state index contributed by atoms with van der Waals surface area (Å²) in [5.74, 6) is 0.527. The molecule has 0 amide bonds. The van der Waals surface area contributed by atoms with E-state index in [1.807, 2.05) is 32.9 Å². The fourth-order valence-electron chi connectivity index (χ4n) is 2.48. The van der Waals surface area contributed by atoms with E-state index in [9.17, 15) is 20.4 Å². The Balaban J connectivity index is 2.23. The van der Waals surface area contributed by atoms with E-state index in [2.05, 4.69) is 0 Å². The summed E-state index contributed by atoms with van der Waals surface area (Å²) in [5, 5.41) is 38.8. The lowest BCUT2D eigenvalue weighted by Gasteiger charge is -2.40. The molecule has 1 aromatic rings. The van der Waals surface area contributed by atoms with Gasteiger partial charge in [-0.2, -0.15) is 0 Å². The zero-order chi connectivity index (χ0) is 16.5. The van der Waals surface area contributed by atoms with Crippen LogP contribution in [0.5, 0.6) is 5.75 Å². The number of aliphatic hydroxyl groups excluding tert-OH is 4. The molecule has 6 nitrogen and oxygen atoms in total. The van der Waals surface area contributed by atoms with E-state index in [-0.39, 0.29) is 5.41 Å². The molecule has 6 heteroatoms. The maximum atomic E-state index is 10.0. The van der Waals surface area contributed by atoms with Gasteiger partial charge in [-0.1, -0.05) is 39.0 Å². The van der Waals surface area contributed by atoms with Gasteiger partial charge >= 0.3 is 0 Å². The molecule has 1 saturated heterocycles. The summed E-state index contributed by atoms with van der Waals surface area (Å²) < 4.78 is 11.1. The molecular weight excluding hydrogens is 288 g/mol. The molecule has 1 aromatic carbocycles. The molecule has 0 saturated carbocycles. The second-order valence-corrected chi connectivity index (χ2v) is 6.56. The van der Waals surface area contributed by atoms with Gasteiger partial charge in [0.15, 0.2) is 0 Å². The van der Waals surface area contributed by atoms with E-state index in [1.165, 1.54) is 0 Å². The Morgan fingerprint density at radius 3 is 2.27 bits per heavy atom. The van der Waals surface area contributed by atoms with Crippen molar-refractivity contribution in [2.45, 2.75) is 56.9 Å². The van der Waals surface area contributed by atoms with Crippen molar-refractivity contribution in [3.63, 3.8) is 0 Å². The quantitative estimate of drug-likeness (QED) is 0.635. The summed E-state index contributed by atoms with van der Waals surface area (Å²) in [4.78, 5) is 0. The lowest BCUT2D eigenvalue weighted by atomic mass is 9.86. The third-order valence-electron chi connectivity index (χ3n) is 3.79. The maximum Gasteiger partial charge on any atom is 0.229 e. The van der Waals surface area contributed by atoms with Crippen LogP contribution in [0.4, 0.5) is 0 Å². The summed E-state index contributed by atoms with van der Waals surface area (Å²) in [6, 6.07) is 7.36. The number of ether oxygens (including phenoxy) is 2. The number of hydrogen-bond donors (Lipinski definition) is 4. The Morgan fingerprint density at radius 1 is 1.05 bits per heavy atom. The van der Waals surface area contributed by atoms with E-state index in [0.717, 1.165) is 5.56 Å². The topological polar surface area (TPSA) is 99.4 Å². The van der Waals surface area contributed by atoms with Gasteiger partial charge in [0, 0.05) is 0 Å². The number of rotatable bonds is 3. The van der Waals surface area contributed by atoms with Gasteiger partial charge in [-0.25, -0.2) is 0 Å². The highest BCUT2D eigenvalue weighted by molar-refractivity contribution is 5.38. The molecular formula is C16H24O6. The zero-order valence-corrected chi connectivity index (χ0v) is 13.0. The first-order valence-electron chi connectivity index (χ1n) is 7.32. The third kappa shape index (κ3) is 3.42. The summed E-state index contributed by atoms with van der Waals surface area (Å²) in [7, 11) is 0. The van der Waals surface area contributed by atoms with Gasteiger partial charge in [0.2, 0.25) is 6.29 Å². The molecule has 5 atom stereocenters. The molecule has 22 heavy (non-hydrogen) atoms. The van der Waals surface area contributed by atoms with Crippen LogP contribution in [0.2, 0.25) is 0 Å². The van der Waals surface area contributed by atoms with Gasteiger partial charge in [-0.05, 0) is 17.0 Å². The van der Waals surface area contributed by atoms with Crippen LogP contribution < -0.4 is 4.74 Å². The fraction of sp³-hybridized carbons (Fsp3) is 0.625. The Hall–Kier alpha value is -1.18. The number of benzene rings is 1. The first kappa shape index (κ1) is 17.2. The average Bonchev–Trinajstić information content (AvgIpc) is 2.47. The molecule has 1 fully saturated rings. The highest BCUT2D eigenvalue weighted by atomic mass is 16.7. The van der Waals surface area contributed by atoms with Crippen molar-refractivity contribution in [2.24, 2.45) is 0 Å². The summed E-state index contributed by atoms with van der Waals surface area (Å²) in [5.41, 5.74) is 0.747. The van der Waals surface area contributed by atoms with Crippen LogP contribution in [0.1, 0.15) is 26.3 Å². The van der Waals surface area contributed by atoms with Crippen molar-refractivity contribution >= 4 is 0 Å².